The van der Waals surface area contributed by atoms with Crippen LogP contribution < -0.4 is 10.2 Å². The van der Waals surface area contributed by atoms with Gasteiger partial charge < -0.3 is 10.2 Å². The van der Waals surface area contributed by atoms with E-state index < -0.39 is 0 Å². The van der Waals surface area contributed by atoms with E-state index in [-0.39, 0.29) is 24.4 Å². The van der Waals surface area contributed by atoms with Gasteiger partial charge in [0, 0.05) is 30.9 Å². The zero-order valence-electron chi connectivity index (χ0n) is 12.9. The van der Waals surface area contributed by atoms with Crippen molar-refractivity contribution in [1.82, 2.24) is 20.4 Å². The maximum Gasteiger partial charge on any atom is 0.240 e. The molecule has 0 aliphatic carbocycles. The molecule has 2 aliphatic heterocycles. The molecular weight excluding hydrogens is 334 g/mol. The van der Waals surface area contributed by atoms with E-state index in [1.54, 1.807) is 0 Å². The molecule has 1 aromatic heterocycles. The van der Waals surface area contributed by atoms with Gasteiger partial charge in [-0.1, -0.05) is 24.0 Å². The van der Waals surface area contributed by atoms with Crippen LogP contribution in [-0.2, 0) is 9.59 Å². The number of aromatic nitrogens is 2. The summed E-state index contributed by atoms with van der Waals surface area (Å²) >= 11 is 6.40. The summed E-state index contributed by atoms with van der Waals surface area (Å²) in [5.74, 6) is 1.07. The van der Waals surface area contributed by atoms with Crippen LogP contribution in [0.3, 0.4) is 0 Å². The number of hydrogen-bond acceptors (Lipinski definition) is 6. The predicted molar refractivity (Wildman–Crippen MR) is 93.5 cm³/mol. The van der Waals surface area contributed by atoms with Crippen molar-refractivity contribution >= 4 is 45.9 Å². The Kier molecular flexibility index (Phi) is 4.86. The van der Waals surface area contributed by atoms with Crippen LogP contribution in [0.25, 0.3) is 0 Å². The van der Waals surface area contributed by atoms with Crippen LogP contribution in [0, 0.1) is 6.92 Å². The molecule has 3 heterocycles. The minimum atomic E-state index is -0.141. The zero-order valence-corrected chi connectivity index (χ0v) is 14.5. The van der Waals surface area contributed by atoms with Crippen molar-refractivity contribution < 1.29 is 9.59 Å². The van der Waals surface area contributed by atoms with Gasteiger partial charge in [0.05, 0.1) is 5.75 Å². The molecule has 2 fully saturated rings. The second kappa shape index (κ2) is 6.88. The van der Waals surface area contributed by atoms with Gasteiger partial charge in [-0.15, -0.1) is 0 Å². The van der Waals surface area contributed by atoms with E-state index in [1.807, 2.05) is 13.0 Å². The molecule has 2 N–H and O–H groups in total. The molecule has 1 aromatic rings. The smallest absolute Gasteiger partial charge is 0.240 e. The topological polar surface area (TPSA) is 81.3 Å². The standard InChI is InChI=1S/C14H19N5O2S2/c1-9-6-11(17-16-9)18-4-2-10(3-5-18)15-12(20)7-19-13(21)8-23-14(19)22/h6,10H,2-5,7-8H2,1H3,(H,15,20)(H,16,17). The number of thioether (sulfide) groups is 1. The van der Waals surface area contributed by atoms with Crippen molar-refractivity contribution in [3.8, 4) is 0 Å². The number of hydrogen-bond donors (Lipinski definition) is 2. The van der Waals surface area contributed by atoms with E-state index in [0.29, 0.717) is 10.1 Å². The molecule has 0 saturated carbocycles. The van der Waals surface area contributed by atoms with Gasteiger partial charge in [-0.3, -0.25) is 19.6 Å². The van der Waals surface area contributed by atoms with Crippen molar-refractivity contribution in [2.75, 3.05) is 30.3 Å². The Morgan fingerprint density at radius 3 is 2.83 bits per heavy atom. The molecule has 124 valence electrons. The van der Waals surface area contributed by atoms with Gasteiger partial charge in [0.15, 0.2) is 5.82 Å². The maximum absolute atomic E-state index is 12.1. The Labute approximate surface area is 144 Å². The van der Waals surface area contributed by atoms with Crippen molar-refractivity contribution in [1.29, 1.82) is 0 Å². The number of amides is 2. The fourth-order valence-electron chi connectivity index (χ4n) is 2.77. The Bertz CT molecular complexity index is 608. The first kappa shape index (κ1) is 16.3. The van der Waals surface area contributed by atoms with Gasteiger partial charge in [-0.25, -0.2) is 0 Å². The number of carbonyl (C=O) groups excluding carboxylic acids is 2. The van der Waals surface area contributed by atoms with Crippen molar-refractivity contribution in [2.24, 2.45) is 0 Å². The molecule has 0 spiro atoms. The van der Waals surface area contributed by atoms with Crippen LogP contribution in [0.5, 0.6) is 0 Å². The minimum Gasteiger partial charge on any atom is -0.355 e. The summed E-state index contributed by atoms with van der Waals surface area (Å²) in [5, 5.41) is 10.2. The highest BCUT2D eigenvalue weighted by Gasteiger charge is 2.29. The highest BCUT2D eigenvalue weighted by molar-refractivity contribution is 8.23. The number of rotatable bonds is 4. The van der Waals surface area contributed by atoms with Crippen LogP contribution in [0.1, 0.15) is 18.5 Å². The lowest BCUT2D eigenvalue weighted by Gasteiger charge is -2.32. The molecule has 9 heteroatoms. The van der Waals surface area contributed by atoms with Gasteiger partial charge in [0.25, 0.3) is 0 Å². The van der Waals surface area contributed by atoms with Gasteiger partial charge in [0.1, 0.15) is 10.9 Å². The third-order valence-corrected chi connectivity index (χ3v) is 5.45. The monoisotopic (exact) mass is 353 g/mol. The summed E-state index contributed by atoms with van der Waals surface area (Å²) in [5.41, 5.74) is 1.04. The SMILES string of the molecule is Cc1cc(N2CCC(NC(=O)CN3C(=O)CSC3=S)CC2)n[nH]1. The van der Waals surface area contributed by atoms with Gasteiger partial charge in [0.2, 0.25) is 11.8 Å². The lowest BCUT2D eigenvalue weighted by atomic mass is 10.1. The first-order valence-electron chi connectivity index (χ1n) is 7.56. The second-order valence-corrected chi connectivity index (χ2v) is 7.38. The Hall–Kier alpha value is -1.61. The van der Waals surface area contributed by atoms with Crippen LogP contribution in [-0.4, -0.2) is 62.7 Å². The van der Waals surface area contributed by atoms with Crippen molar-refractivity contribution in [2.45, 2.75) is 25.8 Å². The fraction of sp³-hybridized carbons (Fsp3) is 0.571. The van der Waals surface area contributed by atoms with E-state index in [0.717, 1.165) is 37.4 Å². The molecule has 3 rings (SSSR count). The molecule has 0 unspecified atom stereocenters. The summed E-state index contributed by atoms with van der Waals surface area (Å²) in [6.45, 7) is 3.72. The summed E-state index contributed by atoms with van der Waals surface area (Å²) in [6, 6.07) is 2.16. The molecule has 2 aliphatic rings. The van der Waals surface area contributed by atoms with E-state index >= 15 is 0 Å². The Balaban J connectivity index is 1.46. The van der Waals surface area contributed by atoms with Crippen molar-refractivity contribution in [3.63, 3.8) is 0 Å². The number of H-pyrrole nitrogens is 1. The van der Waals surface area contributed by atoms with Crippen molar-refractivity contribution in [3.05, 3.63) is 11.8 Å². The average molecular weight is 353 g/mol. The number of aryl methyl sites for hydroxylation is 1. The van der Waals surface area contributed by atoms with Crippen LogP contribution in [0.4, 0.5) is 5.82 Å². The second-order valence-electron chi connectivity index (χ2n) is 5.77. The number of anilines is 1. The highest BCUT2D eigenvalue weighted by atomic mass is 32.2. The third-order valence-electron chi connectivity index (χ3n) is 4.02. The molecule has 2 amide bonds. The first-order chi connectivity index (χ1) is 11.0. The lowest BCUT2D eigenvalue weighted by molar-refractivity contribution is -0.130. The molecule has 0 radical (unpaired) electrons. The van der Waals surface area contributed by atoms with Gasteiger partial charge >= 0.3 is 0 Å². The lowest BCUT2D eigenvalue weighted by Crippen LogP contribution is -2.48. The number of nitrogens with one attached hydrogen (secondary N) is 2. The number of nitrogens with zero attached hydrogens (tertiary/aromatic N) is 3. The summed E-state index contributed by atoms with van der Waals surface area (Å²) in [6.07, 6.45) is 1.73. The van der Waals surface area contributed by atoms with Crippen LogP contribution >= 0.6 is 24.0 Å². The van der Waals surface area contributed by atoms with Crippen LogP contribution in [0.15, 0.2) is 6.07 Å². The Morgan fingerprint density at radius 2 is 2.26 bits per heavy atom. The number of aromatic amines is 1. The quantitative estimate of drug-likeness (QED) is 0.774. The summed E-state index contributed by atoms with van der Waals surface area (Å²) in [7, 11) is 0. The van der Waals surface area contributed by atoms with Gasteiger partial charge in [-0.05, 0) is 19.8 Å². The summed E-state index contributed by atoms with van der Waals surface area (Å²) in [4.78, 5) is 27.3. The molecule has 0 atom stereocenters. The van der Waals surface area contributed by atoms with E-state index in [2.05, 4.69) is 20.4 Å². The number of piperidine rings is 1. The normalized spacial score (nSPS) is 19.5. The number of thiocarbonyl (C=S) groups is 1. The zero-order chi connectivity index (χ0) is 16.4. The molecule has 0 bridgehead atoms. The third kappa shape index (κ3) is 3.84. The predicted octanol–water partition coefficient (Wildman–Crippen LogP) is 0.663. The maximum atomic E-state index is 12.1. The molecule has 0 aromatic carbocycles. The number of carbonyl (C=O) groups is 2. The van der Waals surface area contributed by atoms with Gasteiger partial charge in [-0.2, -0.15) is 5.10 Å². The molecule has 2 saturated heterocycles. The van der Waals surface area contributed by atoms with Crippen LogP contribution in [0.2, 0.25) is 0 Å². The summed E-state index contributed by atoms with van der Waals surface area (Å²) < 4.78 is 0.494. The average Bonchev–Trinajstić information content (AvgIpc) is 3.09. The fourth-order valence-corrected chi connectivity index (χ4v) is 3.84. The van der Waals surface area contributed by atoms with E-state index in [4.69, 9.17) is 12.2 Å². The van der Waals surface area contributed by atoms with E-state index in [9.17, 15) is 9.59 Å². The minimum absolute atomic E-state index is 0.0312. The molecular formula is C14H19N5O2S2. The Morgan fingerprint density at radius 1 is 1.52 bits per heavy atom. The van der Waals surface area contributed by atoms with E-state index in [1.165, 1.54) is 16.7 Å². The largest absolute Gasteiger partial charge is 0.355 e. The first-order valence-corrected chi connectivity index (χ1v) is 8.96. The molecule has 23 heavy (non-hydrogen) atoms. The highest BCUT2D eigenvalue weighted by Crippen LogP contribution is 2.20. The molecule has 7 nitrogen and oxygen atoms in total.